The van der Waals surface area contributed by atoms with Gasteiger partial charge in [0.15, 0.2) is 0 Å². The Labute approximate surface area is 301 Å². The van der Waals surface area contributed by atoms with Gasteiger partial charge in [0.1, 0.15) is 17.5 Å². The smallest absolute Gasteiger partial charge is 0.335 e. The van der Waals surface area contributed by atoms with E-state index < -0.39 is 29.8 Å². The van der Waals surface area contributed by atoms with Crippen molar-refractivity contribution in [2.24, 2.45) is 5.73 Å². The molecule has 286 valence electrons. The van der Waals surface area contributed by atoms with E-state index in [1.165, 1.54) is 17.7 Å². The van der Waals surface area contributed by atoms with Crippen molar-refractivity contribution in [1.29, 1.82) is 0 Å². The van der Waals surface area contributed by atoms with Crippen molar-refractivity contribution in [2.75, 3.05) is 52.9 Å². The van der Waals surface area contributed by atoms with Crippen LogP contribution in [0.15, 0.2) is 24.4 Å². The lowest BCUT2D eigenvalue weighted by Gasteiger charge is -2.14. The number of carboxylic acids is 2. The second-order valence-electron chi connectivity index (χ2n) is 11.8. The van der Waals surface area contributed by atoms with E-state index in [1.807, 2.05) is 20.0 Å². The van der Waals surface area contributed by atoms with E-state index in [0.29, 0.717) is 70.5 Å². The van der Waals surface area contributed by atoms with Gasteiger partial charge in [0.25, 0.3) is 0 Å². The van der Waals surface area contributed by atoms with Gasteiger partial charge in [0.2, 0.25) is 11.8 Å². The minimum Gasteiger partial charge on any atom is -0.493 e. The van der Waals surface area contributed by atoms with Crippen molar-refractivity contribution in [3.8, 4) is 11.5 Å². The summed E-state index contributed by atoms with van der Waals surface area (Å²) in [5.41, 5.74) is 9.25. The molecule has 2 aromatic heterocycles. The van der Waals surface area contributed by atoms with Crippen LogP contribution in [0.1, 0.15) is 65.1 Å². The first kappa shape index (κ1) is 41.4. The molecule has 2 heterocycles. The van der Waals surface area contributed by atoms with Crippen LogP contribution in [-0.4, -0.2) is 118 Å². The Morgan fingerprint density at radius 2 is 1.50 bits per heavy atom. The quantitative estimate of drug-likeness (QED) is 0.0666. The van der Waals surface area contributed by atoms with Gasteiger partial charge in [-0.1, -0.05) is 5.21 Å². The molecular formula is C34H49N7O11. The van der Waals surface area contributed by atoms with Gasteiger partial charge in [0.05, 0.1) is 76.4 Å². The van der Waals surface area contributed by atoms with Gasteiger partial charge in [-0.15, -0.1) is 5.10 Å². The topological polar surface area (TPSA) is 252 Å². The maximum absolute atomic E-state index is 11.9. The number of aryl methyl sites for hydroxylation is 3. The summed E-state index contributed by atoms with van der Waals surface area (Å²) in [7, 11) is 0. The summed E-state index contributed by atoms with van der Waals surface area (Å²) in [6.07, 6.45) is 4.29. The monoisotopic (exact) mass is 731 g/mol. The minimum atomic E-state index is -1.08. The number of hydrogen-bond donors (Lipinski definition) is 5. The molecule has 0 aliphatic carbocycles. The van der Waals surface area contributed by atoms with E-state index in [-0.39, 0.29) is 38.0 Å². The fraction of sp³-hybridized carbons (Fsp3) is 0.559. The normalized spacial score (nSPS) is 11.7. The third-order valence-corrected chi connectivity index (χ3v) is 7.69. The highest BCUT2D eigenvalue weighted by molar-refractivity contribution is 5.88. The molecule has 52 heavy (non-hydrogen) atoms. The molecule has 0 saturated heterocycles. The van der Waals surface area contributed by atoms with E-state index in [0.717, 1.165) is 29.9 Å². The highest BCUT2D eigenvalue weighted by atomic mass is 16.5. The first-order valence-electron chi connectivity index (χ1n) is 17.1. The summed E-state index contributed by atoms with van der Waals surface area (Å²) in [5, 5.41) is 36.2. The number of carbonyl (C=O) groups excluding carboxylic acids is 2. The molecule has 0 aliphatic rings. The number of aromatic amines is 1. The predicted molar refractivity (Wildman–Crippen MR) is 184 cm³/mol. The highest BCUT2D eigenvalue weighted by Gasteiger charge is 2.19. The molecule has 6 N–H and O–H groups in total. The van der Waals surface area contributed by atoms with Crippen LogP contribution in [0.4, 0.5) is 0 Å². The lowest BCUT2D eigenvalue weighted by molar-refractivity contribution is -0.137. The fourth-order valence-corrected chi connectivity index (χ4v) is 4.93. The molecule has 0 saturated carbocycles. The van der Waals surface area contributed by atoms with E-state index in [1.54, 1.807) is 10.7 Å². The molecule has 3 aromatic rings. The molecule has 18 nitrogen and oxygen atoms in total. The number of rotatable bonds is 28. The average molecular weight is 732 g/mol. The molecule has 0 bridgehead atoms. The highest BCUT2D eigenvalue weighted by Crippen LogP contribution is 2.24. The molecule has 3 rings (SSSR count). The molecule has 1 atom stereocenters. The summed E-state index contributed by atoms with van der Waals surface area (Å²) >= 11 is 0. The zero-order valence-electron chi connectivity index (χ0n) is 29.6. The molecule has 0 spiro atoms. The molecule has 2 amide bonds. The number of nitrogens with zero attached hydrogens (tertiary/aromatic N) is 4. The Morgan fingerprint density at radius 3 is 2.10 bits per heavy atom. The Bertz CT molecular complexity index is 1560. The van der Waals surface area contributed by atoms with Gasteiger partial charge < -0.3 is 44.9 Å². The fourth-order valence-electron chi connectivity index (χ4n) is 4.93. The maximum Gasteiger partial charge on any atom is 0.335 e. The van der Waals surface area contributed by atoms with Gasteiger partial charge in [-0.05, 0) is 63.6 Å². The van der Waals surface area contributed by atoms with Crippen LogP contribution in [0.5, 0.6) is 11.5 Å². The Morgan fingerprint density at radius 1 is 0.865 bits per heavy atom. The van der Waals surface area contributed by atoms with E-state index in [9.17, 15) is 24.3 Å². The van der Waals surface area contributed by atoms with Gasteiger partial charge >= 0.3 is 11.9 Å². The first-order chi connectivity index (χ1) is 25.0. The zero-order valence-corrected chi connectivity index (χ0v) is 29.6. The summed E-state index contributed by atoms with van der Waals surface area (Å²) in [6, 6.07) is 3.62. The largest absolute Gasteiger partial charge is 0.493 e. The molecule has 0 fully saturated rings. The maximum atomic E-state index is 11.9. The second kappa shape index (κ2) is 22.7. The summed E-state index contributed by atoms with van der Waals surface area (Å²) < 4.78 is 29.8. The van der Waals surface area contributed by atoms with Crippen molar-refractivity contribution in [3.05, 3.63) is 52.6 Å². The number of nitrogens with two attached hydrogens (primary N) is 1. The SMILES string of the molecule is Cc1n[nH]c(C)c1CCCOc1cc(OCCCc2cn(CCOCCOCCOCCC(=O)NC(CCC(=O)O)C(N)=O)nn2)cc(C(=O)O)c1. The van der Waals surface area contributed by atoms with Crippen LogP contribution in [0.25, 0.3) is 0 Å². The van der Waals surface area contributed by atoms with Gasteiger partial charge in [-0.25, -0.2) is 9.48 Å². The zero-order chi connectivity index (χ0) is 37.7. The van der Waals surface area contributed by atoms with Crippen LogP contribution in [0.2, 0.25) is 0 Å². The molecule has 1 aromatic carbocycles. The minimum absolute atomic E-state index is 0.00776. The number of ether oxygens (including phenoxy) is 5. The lowest BCUT2D eigenvalue weighted by Crippen LogP contribution is -2.44. The second-order valence-corrected chi connectivity index (χ2v) is 11.8. The molecule has 0 aliphatic heterocycles. The van der Waals surface area contributed by atoms with Crippen molar-refractivity contribution >= 4 is 23.8 Å². The summed E-state index contributed by atoms with van der Waals surface area (Å²) in [5.74, 6) is -2.54. The van der Waals surface area contributed by atoms with Gasteiger partial charge in [-0.2, -0.15) is 5.10 Å². The first-order valence-corrected chi connectivity index (χ1v) is 17.1. The van der Waals surface area contributed by atoms with E-state index in [4.69, 9.17) is 34.5 Å². The summed E-state index contributed by atoms with van der Waals surface area (Å²) in [6.45, 7) is 7.02. The Balaban J connectivity index is 1.22. The van der Waals surface area contributed by atoms with Crippen molar-refractivity contribution in [1.82, 2.24) is 30.5 Å². The number of aliphatic carboxylic acids is 1. The standard InChI is InChI=1S/C34H49N7O11/c1-23-29(24(2)38-37-23)6-4-12-52-28-20-25(34(46)47)19-27(21-28)51-11-3-5-26-22-41(40-39-26)10-14-49-16-18-50-17-15-48-13-9-31(42)36-30(33(35)45)7-8-32(43)44/h19-22,30H,3-18H2,1-2H3,(H2,35,45)(H,36,42)(H,37,38)(H,43,44)(H,46,47). The van der Waals surface area contributed by atoms with Crippen molar-refractivity contribution < 1.29 is 53.1 Å². The summed E-state index contributed by atoms with van der Waals surface area (Å²) in [4.78, 5) is 45.6. The number of hydrogen-bond acceptors (Lipinski definition) is 12. The number of aromatic carboxylic acids is 1. The number of nitrogens with one attached hydrogen (secondary N) is 2. The number of H-pyrrole nitrogens is 1. The molecule has 0 radical (unpaired) electrons. The van der Waals surface area contributed by atoms with Crippen LogP contribution in [-0.2, 0) is 48.0 Å². The average Bonchev–Trinajstić information content (AvgIpc) is 3.70. The number of carboxylic acid groups (broad SMARTS) is 2. The molecular weight excluding hydrogens is 682 g/mol. The van der Waals surface area contributed by atoms with Gasteiger partial charge in [0, 0.05) is 30.8 Å². The van der Waals surface area contributed by atoms with Crippen molar-refractivity contribution in [2.45, 2.75) is 71.4 Å². The number of amides is 2. The van der Waals surface area contributed by atoms with Crippen LogP contribution in [0, 0.1) is 13.8 Å². The van der Waals surface area contributed by atoms with Crippen LogP contribution < -0.4 is 20.5 Å². The number of aromatic nitrogens is 5. The van der Waals surface area contributed by atoms with E-state index in [2.05, 4.69) is 25.8 Å². The van der Waals surface area contributed by atoms with E-state index >= 15 is 0 Å². The van der Waals surface area contributed by atoms with Gasteiger partial charge in [-0.3, -0.25) is 19.5 Å². The number of primary amides is 1. The van der Waals surface area contributed by atoms with Crippen molar-refractivity contribution in [3.63, 3.8) is 0 Å². The molecule has 1 unspecified atom stereocenters. The lowest BCUT2D eigenvalue weighted by atomic mass is 10.1. The Hall–Kier alpha value is -5.07. The van der Waals surface area contributed by atoms with Crippen LogP contribution in [0.3, 0.4) is 0 Å². The predicted octanol–water partition coefficient (Wildman–Crippen LogP) is 1.61. The third kappa shape index (κ3) is 15.9. The third-order valence-electron chi connectivity index (χ3n) is 7.69. The Kier molecular flexibility index (Phi) is 18.0. The van der Waals surface area contributed by atoms with Crippen LogP contribution >= 0.6 is 0 Å². The number of benzene rings is 1. The number of carbonyl (C=O) groups is 4. The molecule has 18 heteroatoms.